The molecule has 1 aliphatic heterocycles. The first-order valence-corrected chi connectivity index (χ1v) is 6.98. The third kappa shape index (κ3) is 6.45. The monoisotopic (exact) mass is 381 g/mol. The van der Waals surface area contributed by atoms with Crippen LogP contribution in [0.3, 0.4) is 0 Å². The maximum atomic E-state index is 5.82. The van der Waals surface area contributed by atoms with Crippen LogP contribution in [0.2, 0.25) is 0 Å². The van der Waals surface area contributed by atoms with Gasteiger partial charge in [-0.3, -0.25) is 0 Å². The molecule has 0 amide bonds. The molecular weight excluding hydrogens is 349 g/mol. The fourth-order valence-corrected chi connectivity index (χ4v) is 2.25. The minimum atomic E-state index is 0. The van der Waals surface area contributed by atoms with Crippen molar-refractivity contribution in [1.82, 2.24) is 5.32 Å². The summed E-state index contributed by atoms with van der Waals surface area (Å²) in [6.45, 7) is 19.1. The van der Waals surface area contributed by atoms with Crippen LogP contribution in [-0.4, -0.2) is 12.5 Å². The highest BCUT2D eigenvalue weighted by atomic mass is 127. The lowest BCUT2D eigenvalue weighted by molar-refractivity contribution is 0.554. The Kier molecular flexibility index (Phi) is 17.2. The van der Waals surface area contributed by atoms with Gasteiger partial charge in [0.05, 0.1) is 0 Å². The van der Waals surface area contributed by atoms with Crippen molar-refractivity contribution < 1.29 is 0 Å². The van der Waals surface area contributed by atoms with E-state index in [1.807, 2.05) is 27.7 Å². The molecule has 1 aliphatic carbocycles. The van der Waals surface area contributed by atoms with Gasteiger partial charge in [-0.15, -0.1) is 37.1 Å². The minimum Gasteiger partial charge on any atom is -0.384 e. The van der Waals surface area contributed by atoms with E-state index in [-0.39, 0.29) is 24.0 Å². The first-order valence-electron chi connectivity index (χ1n) is 6.98. The molecule has 3 nitrogen and oxygen atoms in total. The van der Waals surface area contributed by atoms with Crippen molar-refractivity contribution in [2.24, 2.45) is 22.6 Å². The molecule has 3 N–H and O–H groups in total. The molecule has 0 radical (unpaired) electrons. The van der Waals surface area contributed by atoms with Crippen LogP contribution in [0.15, 0.2) is 29.4 Å². The third-order valence-corrected chi connectivity index (χ3v) is 2.78. The van der Waals surface area contributed by atoms with Crippen LogP contribution >= 0.6 is 24.0 Å². The van der Waals surface area contributed by atoms with Gasteiger partial charge >= 0.3 is 0 Å². The number of amidine groups is 1. The van der Waals surface area contributed by atoms with Crippen molar-refractivity contribution in [2.45, 2.75) is 48.0 Å². The predicted octanol–water partition coefficient (Wildman–Crippen LogP) is 4.31. The van der Waals surface area contributed by atoms with E-state index in [2.05, 4.69) is 37.3 Å². The van der Waals surface area contributed by atoms with Gasteiger partial charge in [0, 0.05) is 11.3 Å². The lowest BCUT2D eigenvalue weighted by Crippen LogP contribution is -2.30. The second kappa shape index (κ2) is 13.9. The lowest BCUT2D eigenvalue weighted by atomic mass is 10.0. The molecule has 0 aromatic rings. The molecule has 2 atom stereocenters. The molecule has 0 fully saturated rings. The number of nitrogens with two attached hydrogens (primary N) is 1. The molecule has 2 aliphatic rings. The maximum absolute atomic E-state index is 5.82. The summed E-state index contributed by atoms with van der Waals surface area (Å²) in [6.07, 6.45) is 1.20. The molecule has 4 heteroatoms. The average molecular weight is 381 g/mol. The molecule has 0 aromatic heterocycles. The fourth-order valence-electron chi connectivity index (χ4n) is 2.25. The van der Waals surface area contributed by atoms with E-state index >= 15 is 0 Å². The summed E-state index contributed by atoms with van der Waals surface area (Å²) >= 11 is 0. The number of rotatable bonds is 0. The van der Waals surface area contributed by atoms with Crippen molar-refractivity contribution in [2.75, 3.05) is 6.67 Å². The van der Waals surface area contributed by atoms with Crippen molar-refractivity contribution in [3.63, 3.8) is 0 Å². The Morgan fingerprint density at radius 2 is 1.58 bits per heavy atom. The Balaban J connectivity index is -0.000000325. The SMILES string of the molecule is C=C.CC.CC.CC1C[C@@H](C)C2=C1NCN=C2N.I. The molecule has 114 valence electrons. The van der Waals surface area contributed by atoms with Gasteiger partial charge in [0.25, 0.3) is 0 Å². The Labute approximate surface area is 136 Å². The first kappa shape index (κ1) is 23.6. The van der Waals surface area contributed by atoms with Gasteiger partial charge in [0.1, 0.15) is 12.5 Å². The summed E-state index contributed by atoms with van der Waals surface area (Å²) in [5.74, 6) is 1.95. The van der Waals surface area contributed by atoms with Crippen molar-refractivity contribution in [3.8, 4) is 0 Å². The molecule has 0 aromatic carbocycles. The zero-order valence-electron chi connectivity index (χ0n) is 13.4. The van der Waals surface area contributed by atoms with Gasteiger partial charge in [-0.1, -0.05) is 41.5 Å². The summed E-state index contributed by atoms with van der Waals surface area (Å²) in [6, 6.07) is 0. The Morgan fingerprint density at radius 3 is 2.00 bits per heavy atom. The van der Waals surface area contributed by atoms with Gasteiger partial charge < -0.3 is 11.1 Å². The highest BCUT2D eigenvalue weighted by Crippen LogP contribution is 2.35. The zero-order valence-corrected chi connectivity index (χ0v) is 15.7. The van der Waals surface area contributed by atoms with E-state index in [1.165, 1.54) is 17.7 Å². The number of nitrogens with one attached hydrogen (secondary N) is 1. The molecule has 1 unspecified atom stereocenters. The Bertz CT molecular complexity index is 285. The summed E-state index contributed by atoms with van der Waals surface area (Å²) in [7, 11) is 0. The molecule has 0 saturated carbocycles. The normalized spacial score (nSPS) is 22.5. The minimum absolute atomic E-state index is 0. The number of nitrogens with zero attached hydrogens (tertiary/aromatic N) is 1. The fraction of sp³-hybridized carbons (Fsp3) is 0.667. The summed E-state index contributed by atoms with van der Waals surface area (Å²) in [4.78, 5) is 4.18. The third-order valence-electron chi connectivity index (χ3n) is 2.78. The van der Waals surface area contributed by atoms with Gasteiger partial charge in [-0.05, 0) is 18.3 Å². The highest BCUT2D eigenvalue weighted by molar-refractivity contribution is 14.0. The zero-order chi connectivity index (χ0) is 14.7. The molecular formula is C15H32IN3. The molecule has 0 bridgehead atoms. The van der Waals surface area contributed by atoms with Crippen LogP contribution in [0.4, 0.5) is 0 Å². The van der Waals surface area contributed by atoms with E-state index in [1.54, 1.807) is 0 Å². The average Bonchev–Trinajstić information content (AvgIpc) is 2.73. The van der Waals surface area contributed by atoms with E-state index in [4.69, 9.17) is 5.73 Å². The van der Waals surface area contributed by atoms with E-state index in [0.717, 1.165) is 5.84 Å². The van der Waals surface area contributed by atoms with Crippen molar-refractivity contribution >= 4 is 29.8 Å². The number of halogens is 1. The van der Waals surface area contributed by atoms with Gasteiger partial charge in [-0.2, -0.15) is 0 Å². The Morgan fingerprint density at radius 1 is 1.11 bits per heavy atom. The number of aliphatic imine (C=N–C) groups is 1. The number of hydrogen-bond acceptors (Lipinski definition) is 3. The molecule has 1 heterocycles. The van der Waals surface area contributed by atoms with Crippen molar-refractivity contribution in [3.05, 3.63) is 24.4 Å². The smallest absolute Gasteiger partial charge is 0.125 e. The highest BCUT2D eigenvalue weighted by Gasteiger charge is 2.31. The van der Waals surface area contributed by atoms with Crippen molar-refractivity contribution in [1.29, 1.82) is 0 Å². The van der Waals surface area contributed by atoms with Gasteiger partial charge in [-0.25, -0.2) is 4.99 Å². The summed E-state index contributed by atoms with van der Waals surface area (Å²) in [5, 5.41) is 3.30. The van der Waals surface area contributed by atoms with Crippen LogP contribution in [0.25, 0.3) is 0 Å². The standard InChI is InChI=1S/C9H15N3.2C2H6.C2H4.HI/c1-5-3-6(2)8-7(5)9(10)12-4-11-8;3*1-2;/h5-6,11H,3-4H2,1-2H3,(H2,10,12);2*1-2H3;1-2H2;1H/t5-,6?;;;;/m1..../s1. The quantitative estimate of drug-likeness (QED) is 0.485. The van der Waals surface area contributed by atoms with E-state index in [0.29, 0.717) is 18.5 Å². The lowest BCUT2D eigenvalue weighted by Gasteiger charge is -2.18. The summed E-state index contributed by atoms with van der Waals surface area (Å²) in [5.41, 5.74) is 8.41. The maximum Gasteiger partial charge on any atom is 0.125 e. The van der Waals surface area contributed by atoms with E-state index < -0.39 is 0 Å². The van der Waals surface area contributed by atoms with Crippen LogP contribution in [-0.2, 0) is 0 Å². The summed E-state index contributed by atoms with van der Waals surface area (Å²) < 4.78 is 0. The van der Waals surface area contributed by atoms with Gasteiger partial charge in [0.15, 0.2) is 0 Å². The number of allylic oxidation sites excluding steroid dienone is 1. The second-order valence-electron chi connectivity index (χ2n) is 3.74. The molecule has 19 heavy (non-hydrogen) atoms. The van der Waals surface area contributed by atoms with Crippen LogP contribution in [0, 0.1) is 11.8 Å². The second-order valence-corrected chi connectivity index (χ2v) is 3.74. The van der Waals surface area contributed by atoms with Crippen LogP contribution < -0.4 is 11.1 Å². The first-order chi connectivity index (χ1) is 8.70. The Hall–Kier alpha value is -0.520. The van der Waals surface area contributed by atoms with E-state index in [9.17, 15) is 0 Å². The predicted molar refractivity (Wildman–Crippen MR) is 99.0 cm³/mol. The van der Waals surface area contributed by atoms with Crippen LogP contribution in [0.5, 0.6) is 0 Å². The molecule has 0 saturated heterocycles. The van der Waals surface area contributed by atoms with Gasteiger partial charge in [0.2, 0.25) is 0 Å². The number of hydrogen-bond donors (Lipinski definition) is 2. The molecule has 2 rings (SSSR count). The largest absolute Gasteiger partial charge is 0.384 e. The van der Waals surface area contributed by atoms with Crippen LogP contribution in [0.1, 0.15) is 48.0 Å². The topological polar surface area (TPSA) is 50.4 Å². The molecule has 0 spiro atoms.